The Morgan fingerprint density at radius 3 is 3.04 bits per heavy atom. The first-order valence-corrected chi connectivity index (χ1v) is 9.72. The lowest BCUT2D eigenvalue weighted by Crippen LogP contribution is -2.43. The zero-order valence-electron chi connectivity index (χ0n) is 14.3. The number of hydrogen-bond donors (Lipinski definition) is 0. The van der Waals surface area contributed by atoms with Gasteiger partial charge in [0, 0.05) is 24.0 Å². The van der Waals surface area contributed by atoms with Crippen molar-refractivity contribution in [2.75, 3.05) is 19.6 Å². The largest absolute Gasteiger partial charge is 0.337 e. The molecule has 2 heterocycles. The van der Waals surface area contributed by atoms with Crippen LogP contribution in [0.15, 0.2) is 35.7 Å². The van der Waals surface area contributed by atoms with E-state index in [4.69, 9.17) is 6.42 Å². The van der Waals surface area contributed by atoms with E-state index in [0.717, 1.165) is 32.4 Å². The SMILES string of the molecule is C#CCN(CC(=O)N1CCc2sccc2C1)C1CCc2ccccc21. The summed E-state index contributed by atoms with van der Waals surface area (Å²) in [6, 6.07) is 10.9. The minimum atomic E-state index is 0.191. The van der Waals surface area contributed by atoms with Gasteiger partial charge in [-0.2, -0.15) is 0 Å². The summed E-state index contributed by atoms with van der Waals surface area (Å²) >= 11 is 1.80. The number of nitrogens with zero attached hydrogens (tertiary/aromatic N) is 2. The number of benzene rings is 1. The first-order valence-electron chi connectivity index (χ1n) is 8.84. The standard InChI is InChI=1S/C21H22N2OS/c1-2-11-22(19-8-7-16-5-3-4-6-18(16)19)15-21(24)23-12-9-20-17(14-23)10-13-25-20/h1,3-6,10,13,19H,7-9,11-12,14-15H2. The van der Waals surface area contributed by atoms with Gasteiger partial charge in [-0.1, -0.05) is 30.2 Å². The van der Waals surface area contributed by atoms with Gasteiger partial charge in [-0.05, 0) is 47.4 Å². The van der Waals surface area contributed by atoms with Gasteiger partial charge in [-0.25, -0.2) is 0 Å². The summed E-state index contributed by atoms with van der Waals surface area (Å²) in [7, 11) is 0. The van der Waals surface area contributed by atoms with E-state index in [9.17, 15) is 4.79 Å². The molecule has 25 heavy (non-hydrogen) atoms. The predicted octanol–water partition coefficient (Wildman–Crippen LogP) is 3.26. The zero-order chi connectivity index (χ0) is 17.2. The fourth-order valence-electron chi connectivity index (χ4n) is 4.04. The molecule has 1 unspecified atom stereocenters. The molecule has 1 amide bonds. The van der Waals surface area contributed by atoms with Gasteiger partial charge in [0.25, 0.3) is 0 Å². The highest BCUT2D eigenvalue weighted by Crippen LogP contribution is 2.35. The summed E-state index contributed by atoms with van der Waals surface area (Å²) in [5, 5.41) is 2.12. The van der Waals surface area contributed by atoms with E-state index >= 15 is 0 Å². The van der Waals surface area contributed by atoms with Gasteiger partial charge >= 0.3 is 0 Å². The third-order valence-corrected chi connectivity index (χ3v) is 6.36. The molecule has 0 bridgehead atoms. The van der Waals surface area contributed by atoms with E-state index in [-0.39, 0.29) is 11.9 Å². The molecule has 1 aliphatic carbocycles. The first kappa shape index (κ1) is 16.4. The lowest BCUT2D eigenvalue weighted by molar-refractivity contribution is -0.133. The second-order valence-corrected chi connectivity index (χ2v) is 7.80. The van der Waals surface area contributed by atoms with Crippen LogP contribution < -0.4 is 0 Å². The smallest absolute Gasteiger partial charge is 0.237 e. The molecule has 2 aliphatic rings. The number of carbonyl (C=O) groups is 1. The molecule has 4 rings (SSSR count). The summed E-state index contributed by atoms with van der Waals surface area (Å²) in [4.78, 5) is 18.5. The average molecular weight is 350 g/mol. The van der Waals surface area contributed by atoms with E-state index in [1.54, 1.807) is 11.3 Å². The fourth-order valence-corrected chi connectivity index (χ4v) is 4.93. The Morgan fingerprint density at radius 2 is 2.16 bits per heavy atom. The highest BCUT2D eigenvalue weighted by Gasteiger charge is 2.30. The van der Waals surface area contributed by atoms with Crippen LogP contribution in [0, 0.1) is 12.3 Å². The Bertz CT molecular complexity index is 819. The van der Waals surface area contributed by atoms with Gasteiger partial charge in [0.1, 0.15) is 0 Å². The molecule has 0 radical (unpaired) electrons. The Labute approximate surface area is 153 Å². The second kappa shape index (κ2) is 7.03. The predicted molar refractivity (Wildman–Crippen MR) is 101 cm³/mol. The number of rotatable bonds is 4. The van der Waals surface area contributed by atoms with Crippen LogP contribution in [0.5, 0.6) is 0 Å². The van der Waals surface area contributed by atoms with E-state index < -0.39 is 0 Å². The minimum absolute atomic E-state index is 0.191. The van der Waals surface area contributed by atoms with Crippen LogP contribution >= 0.6 is 11.3 Å². The number of hydrogen-bond acceptors (Lipinski definition) is 3. The molecule has 0 fully saturated rings. The molecule has 128 valence electrons. The molecule has 0 spiro atoms. The Balaban J connectivity index is 1.48. The summed E-state index contributed by atoms with van der Waals surface area (Å²) in [6.45, 7) is 2.48. The van der Waals surface area contributed by atoms with E-state index in [1.807, 2.05) is 4.90 Å². The summed E-state index contributed by atoms with van der Waals surface area (Å²) in [5.41, 5.74) is 4.03. The zero-order valence-corrected chi connectivity index (χ0v) is 15.1. The van der Waals surface area contributed by atoms with Crippen molar-refractivity contribution in [2.45, 2.75) is 31.8 Å². The molecule has 2 aromatic rings. The molecule has 4 heteroatoms. The number of fused-ring (bicyclic) bond motifs is 2. The number of aryl methyl sites for hydroxylation is 1. The molecule has 1 aromatic heterocycles. The van der Waals surface area contributed by atoms with Gasteiger partial charge < -0.3 is 4.90 Å². The summed E-state index contributed by atoms with van der Waals surface area (Å²) in [5.74, 6) is 2.94. The maximum absolute atomic E-state index is 12.9. The molecular formula is C21H22N2OS. The lowest BCUT2D eigenvalue weighted by atomic mass is 10.1. The van der Waals surface area contributed by atoms with Crippen molar-refractivity contribution in [3.8, 4) is 12.3 Å². The molecule has 0 N–H and O–H groups in total. The van der Waals surface area contributed by atoms with E-state index in [0.29, 0.717) is 13.1 Å². The van der Waals surface area contributed by atoms with Crippen LogP contribution in [0.3, 0.4) is 0 Å². The van der Waals surface area contributed by atoms with Crippen LogP contribution in [0.1, 0.15) is 34.0 Å². The van der Waals surface area contributed by atoms with Gasteiger partial charge in [0.2, 0.25) is 5.91 Å². The van der Waals surface area contributed by atoms with Crippen molar-refractivity contribution in [1.29, 1.82) is 0 Å². The Morgan fingerprint density at radius 1 is 1.28 bits per heavy atom. The number of carbonyl (C=O) groups excluding carboxylic acids is 1. The quantitative estimate of drug-likeness (QED) is 0.790. The van der Waals surface area contributed by atoms with Gasteiger partial charge in [-0.15, -0.1) is 17.8 Å². The monoisotopic (exact) mass is 350 g/mol. The van der Waals surface area contributed by atoms with Gasteiger partial charge in [0.15, 0.2) is 0 Å². The molecule has 1 aromatic carbocycles. The van der Waals surface area contributed by atoms with Crippen molar-refractivity contribution in [1.82, 2.24) is 9.80 Å². The third-order valence-electron chi connectivity index (χ3n) is 5.34. The van der Waals surface area contributed by atoms with E-state index in [1.165, 1.54) is 21.6 Å². The highest BCUT2D eigenvalue weighted by atomic mass is 32.1. The first-order chi connectivity index (χ1) is 12.3. The van der Waals surface area contributed by atoms with Crippen LogP contribution in [-0.2, 0) is 24.2 Å². The molecule has 1 atom stereocenters. The maximum atomic E-state index is 12.9. The summed E-state index contributed by atoms with van der Waals surface area (Å²) in [6.07, 6.45) is 8.69. The number of terminal acetylenes is 1. The Hall–Kier alpha value is -2.09. The maximum Gasteiger partial charge on any atom is 0.237 e. The normalized spacial score (nSPS) is 18.7. The van der Waals surface area contributed by atoms with E-state index in [2.05, 4.69) is 46.5 Å². The minimum Gasteiger partial charge on any atom is -0.337 e. The topological polar surface area (TPSA) is 23.6 Å². The van der Waals surface area contributed by atoms with Gasteiger partial charge in [0.05, 0.1) is 13.1 Å². The summed E-state index contributed by atoms with van der Waals surface area (Å²) < 4.78 is 0. The number of amides is 1. The highest BCUT2D eigenvalue weighted by molar-refractivity contribution is 7.10. The van der Waals surface area contributed by atoms with Crippen LogP contribution in [0.4, 0.5) is 0 Å². The van der Waals surface area contributed by atoms with Crippen molar-refractivity contribution >= 4 is 17.2 Å². The van der Waals surface area contributed by atoms with Crippen LogP contribution in [0.25, 0.3) is 0 Å². The Kier molecular flexibility index (Phi) is 4.61. The van der Waals surface area contributed by atoms with Crippen LogP contribution in [0.2, 0.25) is 0 Å². The molecule has 3 nitrogen and oxygen atoms in total. The van der Waals surface area contributed by atoms with Crippen LogP contribution in [-0.4, -0.2) is 35.3 Å². The lowest BCUT2D eigenvalue weighted by Gasteiger charge is -2.32. The molecule has 0 saturated heterocycles. The van der Waals surface area contributed by atoms with Crippen molar-refractivity contribution < 1.29 is 4.79 Å². The molecular weight excluding hydrogens is 328 g/mol. The second-order valence-electron chi connectivity index (χ2n) is 6.80. The fraction of sp³-hybridized carbons (Fsp3) is 0.381. The molecule has 1 aliphatic heterocycles. The van der Waals surface area contributed by atoms with Crippen molar-refractivity contribution in [3.05, 3.63) is 57.3 Å². The third kappa shape index (κ3) is 3.22. The van der Waals surface area contributed by atoms with Crippen molar-refractivity contribution in [3.63, 3.8) is 0 Å². The number of thiophene rings is 1. The van der Waals surface area contributed by atoms with Crippen molar-refractivity contribution in [2.24, 2.45) is 0 Å². The average Bonchev–Trinajstić information content (AvgIpc) is 3.27. The molecule has 0 saturated carbocycles. The van der Waals surface area contributed by atoms with Gasteiger partial charge in [-0.3, -0.25) is 9.69 Å².